The number of hydrogen-bond acceptors (Lipinski definition) is 5. The molecule has 1 unspecified atom stereocenters. The van der Waals surface area contributed by atoms with Crippen LogP contribution in [0.25, 0.3) is 0 Å². The zero-order chi connectivity index (χ0) is 22.1. The number of likely N-dealkylation sites (tertiary alicyclic amines) is 1. The van der Waals surface area contributed by atoms with Gasteiger partial charge in [-0.05, 0) is 24.6 Å². The van der Waals surface area contributed by atoms with Crippen LogP contribution in [0.2, 0.25) is 0 Å². The maximum absolute atomic E-state index is 12.9. The molecule has 164 valence electrons. The first-order valence-electron chi connectivity index (χ1n) is 10.7. The highest BCUT2D eigenvalue weighted by atomic mass is 16.4. The predicted octanol–water partition coefficient (Wildman–Crippen LogP) is 1.65. The van der Waals surface area contributed by atoms with E-state index in [9.17, 15) is 19.5 Å². The normalized spacial score (nSPS) is 18.7. The summed E-state index contributed by atoms with van der Waals surface area (Å²) in [6, 6.07) is 6.13. The summed E-state index contributed by atoms with van der Waals surface area (Å²) in [5.74, 6) is 0.718. The van der Waals surface area contributed by atoms with Gasteiger partial charge in [-0.15, -0.1) is 10.2 Å². The molecule has 1 aromatic heterocycles. The highest BCUT2D eigenvalue weighted by Gasteiger charge is 2.33. The molecule has 0 spiro atoms. The van der Waals surface area contributed by atoms with E-state index in [2.05, 4.69) is 14.8 Å². The van der Waals surface area contributed by atoms with E-state index in [0.29, 0.717) is 44.7 Å². The van der Waals surface area contributed by atoms with Gasteiger partial charge in [-0.1, -0.05) is 19.9 Å². The summed E-state index contributed by atoms with van der Waals surface area (Å²) < 4.78 is 2.11. The third-order valence-corrected chi connectivity index (χ3v) is 6.06. The predicted molar refractivity (Wildman–Crippen MR) is 112 cm³/mol. The fraction of sp³-hybridized carbons (Fsp3) is 0.500. The third kappa shape index (κ3) is 4.17. The van der Waals surface area contributed by atoms with Crippen molar-refractivity contribution in [2.45, 2.75) is 39.2 Å². The zero-order valence-electron chi connectivity index (χ0n) is 17.8. The number of carboxylic acid groups (broad SMARTS) is 1. The molecular weight excluding hydrogens is 398 g/mol. The fourth-order valence-corrected chi connectivity index (χ4v) is 4.36. The van der Waals surface area contributed by atoms with Crippen molar-refractivity contribution in [1.82, 2.24) is 24.6 Å². The molecule has 0 aliphatic carbocycles. The van der Waals surface area contributed by atoms with E-state index in [1.54, 1.807) is 17.0 Å². The van der Waals surface area contributed by atoms with Crippen molar-refractivity contribution in [3.63, 3.8) is 0 Å². The van der Waals surface area contributed by atoms with Gasteiger partial charge in [0.15, 0.2) is 0 Å². The molecule has 3 heterocycles. The van der Waals surface area contributed by atoms with E-state index in [0.717, 1.165) is 18.1 Å². The van der Waals surface area contributed by atoms with Gasteiger partial charge in [0.25, 0.3) is 5.91 Å². The standard InChI is InChI=1S/C22H27N5O4/c1-14(2)20(28)25-9-7-18-23-24-19(27(18)11-10-25)17-6-8-26(13-17)21(29)15-4-3-5-16(12-15)22(30)31/h3-5,12,14,17H,6-11,13H2,1-2H3,(H,30,31). The van der Waals surface area contributed by atoms with E-state index in [1.165, 1.54) is 12.1 Å². The first-order chi connectivity index (χ1) is 14.8. The van der Waals surface area contributed by atoms with Gasteiger partial charge in [0.2, 0.25) is 5.91 Å². The molecule has 4 rings (SSSR count). The van der Waals surface area contributed by atoms with Crippen molar-refractivity contribution in [3.8, 4) is 0 Å². The number of hydrogen-bond donors (Lipinski definition) is 1. The summed E-state index contributed by atoms with van der Waals surface area (Å²) in [6.45, 7) is 6.85. The Hall–Kier alpha value is -3.23. The average Bonchev–Trinajstić information content (AvgIpc) is 3.35. The first kappa shape index (κ1) is 21.0. The Morgan fingerprint density at radius 3 is 2.55 bits per heavy atom. The van der Waals surface area contributed by atoms with Crippen molar-refractivity contribution >= 4 is 17.8 Å². The Bertz CT molecular complexity index is 1020. The van der Waals surface area contributed by atoms with Gasteiger partial charge in [-0.2, -0.15) is 0 Å². The number of benzene rings is 1. The lowest BCUT2D eigenvalue weighted by atomic mass is 10.1. The molecule has 9 heteroatoms. The van der Waals surface area contributed by atoms with Crippen molar-refractivity contribution in [3.05, 3.63) is 47.0 Å². The van der Waals surface area contributed by atoms with Crippen LogP contribution in [0.5, 0.6) is 0 Å². The first-order valence-corrected chi connectivity index (χ1v) is 10.7. The van der Waals surface area contributed by atoms with Gasteiger partial charge in [-0.25, -0.2) is 4.79 Å². The molecule has 2 amide bonds. The number of nitrogens with zero attached hydrogens (tertiary/aromatic N) is 5. The summed E-state index contributed by atoms with van der Waals surface area (Å²) in [5, 5.41) is 18.0. The van der Waals surface area contributed by atoms with Crippen LogP contribution >= 0.6 is 0 Å². The largest absolute Gasteiger partial charge is 0.478 e. The number of rotatable bonds is 4. The molecule has 0 radical (unpaired) electrons. The van der Waals surface area contributed by atoms with Crippen LogP contribution < -0.4 is 0 Å². The maximum Gasteiger partial charge on any atom is 0.335 e. The SMILES string of the molecule is CC(C)C(=O)N1CCc2nnc(C3CCN(C(=O)c4cccc(C(=O)O)c4)C3)n2CC1. The molecule has 1 aromatic carbocycles. The van der Waals surface area contributed by atoms with E-state index in [1.807, 2.05) is 18.7 Å². The van der Waals surface area contributed by atoms with Crippen molar-refractivity contribution < 1.29 is 19.5 Å². The average molecular weight is 425 g/mol. The van der Waals surface area contributed by atoms with Crippen molar-refractivity contribution in [2.24, 2.45) is 5.92 Å². The second-order valence-corrected chi connectivity index (χ2v) is 8.48. The van der Waals surface area contributed by atoms with Crippen LogP contribution in [-0.4, -0.2) is 73.6 Å². The number of aromatic carboxylic acids is 1. The molecule has 0 saturated carbocycles. The number of aromatic nitrogens is 3. The molecular formula is C22H27N5O4. The summed E-state index contributed by atoms with van der Waals surface area (Å²) in [7, 11) is 0. The number of carbonyl (C=O) groups is 3. The van der Waals surface area contributed by atoms with E-state index in [4.69, 9.17) is 0 Å². The Morgan fingerprint density at radius 1 is 1.03 bits per heavy atom. The lowest BCUT2D eigenvalue weighted by molar-refractivity contribution is -0.134. The smallest absolute Gasteiger partial charge is 0.335 e. The number of fused-ring (bicyclic) bond motifs is 1. The van der Waals surface area contributed by atoms with E-state index >= 15 is 0 Å². The van der Waals surface area contributed by atoms with E-state index < -0.39 is 5.97 Å². The summed E-state index contributed by atoms with van der Waals surface area (Å²) in [5.41, 5.74) is 0.480. The summed E-state index contributed by atoms with van der Waals surface area (Å²) >= 11 is 0. The third-order valence-electron chi connectivity index (χ3n) is 6.06. The van der Waals surface area contributed by atoms with Gasteiger partial charge in [0, 0.05) is 56.5 Å². The van der Waals surface area contributed by atoms with Crippen LogP contribution in [0.1, 0.15) is 58.6 Å². The van der Waals surface area contributed by atoms with Gasteiger partial charge >= 0.3 is 5.97 Å². The summed E-state index contributed by atoms with van der Waals surface area (Å²) in [6.07, 6.45) is 1.44. The van der Waals surface area contributed by atoms with E-state index in [-0.39, 0.29) is 29.2 Å². The summed E-state index contributed by atoms with van der Waals surface area (Å²) in [4.78, 5) is 40.1. The van der Waals surface area contributed by atoms with Gasteiger partial charge in [-0.3, -0.25) is 9.59 Å². The number of amides is 2. The molecule has 9 nitrogen and oxygen atoms in total. The van der Waals surface area contributed by atoms with Crippen LogP contribution in [0, 0.1) is 5.92 Å². The molecule has 2 aliphatic heterocycles. The van der Waals surface area contributed by atoms with Crippen LogP contribution in [0.15, 0.2) is 24.3 Å². The molecule has 1 atom stereocenters. The Balaban J connectivity index is 1.46. The zero-order valence-corrected chi connectivity index (χ0v) is 17.8. The molecule has 1 saturated heterocycles. The Morgan fingerprint density at radius 2 is 1.81 bits per heavy atom. The topological polar surface area (TPSA) is 109 Å². The highest BCUT2D eigenvalue weighted by molar-refractivity contribution is 5.97. The monoisotopic (exact) mass is 425 g/mol. The minimum Gasteiger partial charge on any atom is -0.478 e. The highest BCUT2D eigenvalue weighted by Crippen LogP contribution is 2.28. The van der Waals surface area contributed by atoms with Crippen molar-refractivity contribution in [2.75, 3.05) is 26.2 Å². The molecule has 1 N–H and O–H groups in total. The van der Waals surface area contributed by atoms with Gasteiger partial charge in [0.05, 0.1) is 5.56 Å². The number of carboxylic acids is 1. The van der Waals surface area contributed by atoms with Crippen LogP contribution in [0.3, 0.4) is 0 Å². The molecule has 2 aliphatic rings. The minimum atomic E-state index is -1.05. The molecule has 0 bridgehead atoms. The Labute approximate surface area is 180 Å². The minimum absolute atomic E-state index is 0.0305. The second-order valence-electron chi connectivity index (χ2n) is 8.48. The van der Waals surface area contributed by atoms with Gasteiger partial charge in [0.1, 0.15) is 11.6 Å². The number of carbonyl (C=O) groups excluding carboxylic acids is 2. The van der Waals surface area contributed by atoms with Crippen LogP contribution in [0.4, 0.5) is 0 Å². The van der Waals surface area contributed by atoms with Crippen LogP contribution in [-0.2, 0) is 17.8 Å². The fourth-order valence-electron chi connectivity index (χ4n) is 4.36. The lowest BCUT2D eigenvalue weighted by Crippen LogP contribution is -2.36. The second kappa shape index (κ2) is 8.49. The lowest BCUT2D eigenvalue weighted by Gasteiger charge is -2.22. The van der Waals surface area contributed by atoms with Gasteiger partial charge < -0.3 is 19.5 Å². The Kier molecular flexibility index (Phi) is 5.75. The molecule has 2 aromatic rings. The maximum atomic E-state index is 12.9. The molecule has 31 heavy (non-hydrogen) atoms. The quantitative estimate of drug-likeness (QED) is 0.798. The molecule has 1 fully saturated rings. The van der Waals surface area contributed by atoms with Crippen molar-refractivity contribution in [1.29, 1.82) is 0 Å².